The van der Waals surface area contributed by atoms with Crippen molar-refractivity contribution in [2.75, 3.05) is 13.2 Å². The van der Waals surface area contributed by atoms with Gasteiger partial charge < -0.3 is 19.3 Å². The highest BCUT2D eigenvalue weighted by Gasteiger charge is 2.54. The fraction of sp³-hybridized carbons (Fsp3) is 0.743. The second-order valence-electron chi connectivity index (χ2n) is 13.1. The second kappa shape index (κ2) is 15.1. The van der Waals surface area contributed by atoms with E-state index in [0.717, 1.165) is 43.3 Å². The summed E-state index contributed by atoms with van der Waals surface area (Å²) < 4.78 is 25.9. The molecule has 3 fully saturated rings. The third-order valence-electron chi connectivity index (χ3n) is 10.6. The van der Waals surface area contributed by atoms with Crippen LogP contribution in [0.15, 0.2) is 47.6 Å². The maximum absolute atomic E-state index is 14.1. The van der Waals surface area contributed by atoms with E-state index in [0.29, 0.717) is 63.6 Å². The van der Waals surface area contributed by atoms with Crippen LogP contribution in [-0.2, 0) is 18.4 Å². The van der Waals surface area contributed by atoms with Gasteiger partial charge in [0.05, 0.1) is 25.4 Å². The van der Waals surface area contributed by atoms with Crippen molar-refractivity contribution < 1.29 is 28.6 Å². The summed E-state index contributed by atoms with van der Waals surface area (Å²) in [5, 5.41) is 19.2. The van der Waals surface area contributed by atoms with Crippen LogP contribution in [0.5, 0.6) is 0 Å². The first-order valence-corrected chi connectivity index (χ1v) is 18.0. The molecular weight excluding hydrogens is 547 g/mol. The number of aliphatic hydroxyl groups excluding tert-OH is 2. The van der Waals surface area contributed by atoms with Gasteiger partial charge in [0.15, 0.2) is 5.78 Å². The number of hydrogen-bond acceptors (Lipinski definition) is 6. The summed E-state index contributed by atoms with van der Waals surface area (Å²) in [6.45, 7) is 17.1. The molecule has 0 aromatic heterocycles. The van der Waals surface area contributed by atoms with Gasteiger partial charge in [-0.2, -0.15) is 0 Å². The highest BCUT2D eigenvalue weighted by atomic mass is 31.2. The quantitative estimate of drug-likeness (QED) is 0.153. The summed E-state index contributed by atoms with van der Waals surface area (Å²) in [6.07, 6.45) is 15.5. The third-order valence-corrected chi connectivity index (χ3v) is 13.5. The minimum absolute atomic E-state index is 0.133. The Kier molecular flexibility index (Phi) is 12.7. The number of aliphatic hydroxyl groups is 2. The van der Waals surface area contributed by atoms with E-state index in [1.165, 1.54) is 5.57 Å². The fourth-order valence-electron chi connectivity index (χ4n) is 7.96. The first-order chi connectivity index (χ1) is 19.9. The van der Waals surface area contributed by atoms with Crippen LogP contribution >= 0.6 is 7.60 Å². The Morgan fingerprint density at radius 1 is 1.12 bits per heavy atom. The van der Waals surface area contributed by atoms with E-state index in [4.69, 9.17) is 9.05 Å². The Labute approximate surface area is 255 Å². The summed E-state index contributed by atoms with van der Waals surface area (Å²) in [5.74, 6) is 0.960. The van der Waals surface area contributed by atoms with E-state index in [-0.39, 0.29) is 17.1 Å². The average molecular weight is 605 g/mol. The summed E-state index contributed by atoms with van der Waals surface area (Å²) in [4.78, 5) is 13.9. The van der Waals surface area contributed by atoms with Crippen LogP contribution in [-0.4, -0.2) is 46.6 Å². The molecule has 0 radical (unpaired) electrons. The lowest BCUT2D eigenvalue weighted by Crippen LogP contribution is -2.38. The van der Waals surface area contributed by atoms with E-state index < -0.39 is 25.0 Å². The van der Waals surface area contributed by atoms with Crippen molar-refractivity contribution in [1.29, 1.82) is 0 Å². The topological polar surface area (TPSA) is 93.1 Å². The van der Waals surface area contributed by atoms with Crippen molar-refractivity contribution >= 4 is 13.4 Å². The number of allylic oxidation sites excluding steroid dienone is 5. The molecule has 0 heterocycles. The molecule has 2 N–H and O–H groups in total. The van der Waals surface area contributed by atoms with Gasteiger partial charge in [0, 0.05) is 6.42 Å². The molecule has 0 spiro atoms. The number of carbonyl (C=O) groups is 1. The van der Waals surface area contributed by atoms with Gasteiger partial charge >= 0.3 is 7.60 Å². The molecule has 6 atom stereocenters. The van der Waals surface area contributed by atoms with E-state index in [1.807, 2.05) is 27.7 Å². The third kappa shape index (κ3) is 7.15. The molecule has 238 valence electrons. The minimum Gasteiger partial charge on any atom is -0.393 e. The predicted molar refractivity (Wildman–Crippen MR) is 171 cm³/mol. The van der Waals surface area contributed by atoms with Gasteiger partial charge in [-0.3, -0.25) is 9.36 Å². The van der Waals surface area contributed by atoms with Gasteiger partial charge in [-0.15, -0.1) is 0 Å². The first kappa shape index (κ1) is 35.2. The summed E-state index contributed by atoms with van der Waals surface area (Å²) in [5.41, 5.74) is 3.26. The molecule has 3 rings (SSSR count). The molecule has 42 heavy (non-hydrogen) atoms. The number of rotatable bonds is 14. The number of fused-ring (bicyclic) bond motifs is 1. The molecule has 0 aromatic rings. The Hall–Kier alpha value is -1.30. The van der Waals surface area contributed by atoms with Crippen molar-refractivity contribution in [3.05, 3.63) is 47.6 Å². The molecule has 0 bridgehead atoms. The number of ketones is 1. The Balaban J connectivity index is 1.81. The van der Waals surface area contributed by atoms with Crippen molar-refractivity contribution in [2.45, 2.75) is 130 Å². The first-order valence-electron chi connectivity index (χ1n) is 16.5. The van der Waals surface area contributed by atoms with Crippen molar-refractivity contribution in [3.63, 3.8) is 0 Å². The fourth-order valence-corrected chi connectivity index (χ4v) is 10.5. The van der Waals surface area contributed by atoms with E-state index in [9.17, 15) is 19.6 Å². The van der Waals surface area contributed by atoms with E-state index >= 15 is 0 Å². The highest BCUT2D eigenvalue weighted by Crippen LogP contribution is 2.64. The Morgan fingerprint density at radius 2 is 1.76 bits per heavy atom. The summed E-state index contributed by atoms with van der Waals surface area (Å²) >= 11 is 0. The maximum atomic E-state index is 14.1. The molecular formula is C35H57O6P. The molecule has 3 aliphatic rings. The SMILES string of the molecule is C=C1C(=CC=C2CCC[C@@]3(C)C2CC[C@@H]3[C@H](C)C=CC(=O)C(CC)(CC)P(=O)(OCCC)OCCC)C[C@@H](O)C[C@@H]1O. The molecule has 0 aromatic carbocycles. The monoisotopic (exact) mass is 604 g/mol. The van der Waals surface area contributed by atoms with E-state index in [1.54, 1.807) is 6.08 Å². The zero-order valence-electron chi connectivity index (χ0n) is 27.1. The maximum Gasteiger partial charge on any atom is 0.344 e. The van der Waals surface area contributed by atoms with Crippen LogP contribution in [0, 0.1) is 23.2 Å². The van der Waals surface area contributed by atoms with Crippen LogP contribution in [0.25, 0.3) is 0 Å². The predicted octanol–water partition coefficient (Wildman–Crippen LogP) is 8.49. The molecule has 6 nitrogen and oxygen atoms in total. The second-order valence-corrected chi connectivity index (χ2v) is 15.5. The summed E-state index contributed by atoms with van der Waals surface area (Å²) in [7, 11) is -3.66. The van der Waals surface area contributed by atoms with Crippen LogP contribution in [0.1, 0.15) is 112 Å². The Morgan fingerprint density at radius 3 is 2.36 bits per heavy atom. The smallest absolute Gasteiger partial charge is 0.344 e. The molecule has 0 amide bonds. The lowest BCUT2D eigenvalue weighted by molar-refractivity contribution is -0.117. The van der Waals surface area contributed by atoms with E-state index in [2.05, 4.69) is 38.7 Å². The standard InChI is InChI=1S/C35H57O6P/c1-8-21-40-42(39,41-22-9-2)35(10-3,11-4)33(38)19-14-25(5)30-17-18-31-27(13-12-20-34(30,31)7)15-16-28-23-29(36)24-32(37)26(28)6/h14-16,19,25,29-32,36-37H,6,8-13,17-18,20-24H2,1-5,7H3/t25-,29-,30-,31?,32+,34-/m1/s1. The van der Waals surface area contributed by atoms with Crippen molar-refractivity contribution in [3.8, 4) is 0 Å². The largest absolute Gasteiger partial charge is 0.393 e. The highest BCUT2D eigenvalue weighted by molar-refractivity contribution is 7.57. The molecule has 7 heteroatoms. The van der Waals surface area contributed by atoms with Crippen LogP contribution in [0.2, 0.25) is 0 Å². The average Bonchev–Trinajstić information content (AvgIpc) is 3.33. The van der Waals surface area contributed by atoms with Gasteiger partial charge in [0.1, 0.15) is 5.16 Å². The summed E-state index contributed by atoms with van der Waals surface area (Å²) in [6, 6.07) is 0. The Bertz CT molecular complexity index is 1070. The number of carbonyl (C=O) groups excluding carboxylic acids is 1. The van der Waals surface area contributed by atoms with Gasteiger partial charge in [0.25, 0.3) is 0 Å². The van der Waals surface area contributed by atoms with Crippen LogP contribution < -0.4 is 0 Å². The lowest BCUT2D eigenvalue weighted by Gasteiger charge is -2.44. The molecule has 3 saturated carbocycles. The van der Waals surface area contributed by atoms with Crippen molar-refractivity contribution in [2.24, 2.45) is 23.2 Å². The molecule has 3 aliphatic carbocycles. The van der Waals surface area contributed by atoms with Crippen molar-refractivity contribution in [1.82, 2.24) is 0 Å². The lowest BCUT2D eigenvalue weighted by atomic mass is 9.61. The van der Waals surface area contributed by atoms with Crippen LogP contribution in [0.4, 0.5) is 0 Å². The van der Waals surface area contributed by atoms with Gasteiger partial charge in [-0.1, -0.05) is 71.9 Å². The molecule has 0 aliphatic heterocycles. The zero-order chi connectivity index (χ0) is 31.1. The molecule has 0 saturated heterocycles. The minimum atomic E-state index is -3.66. The normalized spacial score (nSPS) is 31.7. The zero-order valence-corrected chi connectivity index (χ0v) is 28.0. The van der Waals surface area contributed by atoms with Gasteiger partial charge in [0.2, 0.25) is 0 Å². The van der Waals surface area contributed by atoms with Gasteiger partial charge in [-0.25, -0.2) is 0 Å². The number of hydrogen-bond donors (Lipinski definition) is 2. The van der Waals surface area contributed by atoms with Gasteiger partial charge in [-0.05, 0) is 105 Å². The van der Waals surface area contributed by atoms with Crippen LogP contribution in [0.3, 0.4) is 0 Å². The molecule has 1 unspecified atom stereocenters.